The SMILES string of the molecule is O=C(c1cccc(N2C(=O)CCC2=O)c1)N1CCC(CCc2ccccc2)CC1. The molecule has 0 spiro atoms. The van der Waals surface area contributed by atoms with Crippen LogP contribution in [0.5, 0.6) is 0 Å². The first kappa shape index (κ1) is 19.4. The summed E-state index contributed by atoms with van der Waals surface area (Å²) >= 11 is 0. The summed E-state index contributed by atoms with van der Waals surface area (Å²) in [7, 11) is 0. The maximum Gasteiger partial charge on any atom is 0.253 e. The van der Waals surface area contributed by atoms with E-state index in [0.717, 1.165) is 38.8 Å². The van der Waals surface area contributed by atoms with Crippen LogP contribution in [0.2, 0.25) is 0 Å². The molecule has 0 bridgehead atoms. The molecule has 5 nitrogen and oxygen atoms in total. The fourth-order valence-corrected chi connectivity index (χ4v) is 4.27. The Kier molecular flexibility index (Phi) is 5.74. The minimum absolute atomic E-state index is 0.0209. The summed E-state index contributed by atoms with van der Waals surface area (Å²) in [6, 6.07) is 17.4. The average Bonchev–Trinajstić information content (AvgIpc) is 3.11. The topological polar surface area (TPSA) is 57.7 Å². The van der Waals surface area contributed by atoms with Crippen molar-refractivity contribution in [1.82, 2.24) is 4.90 Å². The molecule has 2 aliphatic heterocycles. The number of hydrogen-bond acceptors (Lipinski definition) is 3. The molecule has 150 valence electrons. The summed E-state index contributed by atoms with van der Waals surface area (Å²) < 4.78 is 0. The Labute approximate surface area is 171 Å². The second kappa shape index (κ2) is 8.60. The molecule has 0 atom stereocenters. The summed E-state index contributed by atoms with van der Waals surface area (Å²) in [6.07, 6.45) is 4.75. The number of benzene rings is 2. The van der Waals surface area contributed by atoms with Crippen molar-refractivity contribution < 1.29 is 14.4 Å². The Hall–Kier alpha value is -2.95. The molecule has 29 heavy (non-hydrogen) atoms. The molecule has 0 aliphatic carbocycles. The van der Waals surface area contributed by atoms with Gasteiger partial charge in [-0.2, -0.15) is 0 Å². The number of imide groups is 1. The molecule has 2 aliphatic rings. The van der Waals surface area contributed by atoms with Crippen molar-refractivity contribution in [2.45, 2.75) is 38.5 Å². The molecule has 2 aromatic carbocycles. The van der Waals surface area contributed by atoms with Crippen LogP contribution in [0.1, 0.15) is 48.0 Å². The molecule has 0 saturated carbocycles. The highest BCUT2D eigenvalue weighted by Gasteiger charge is 2.31. The lowest BCUT2D eigenvalue weighted by atomic mass is 9.90. The van der Waals surface area contributed by atoms with E-state index in [-0.39, 0.29) is 30.6 Å². The van der Waals surface area contributed by atoms with Crippen molar-refractivity contribution in [3.05, 3.63) is 65.7 Å². The van der Waals surface area contributed by atoms with Crippen LogP contribution in [0.3, 0.4) is 0 Å². The van der Waals surface area contributed by atoms with Gasteiger partial charge in [-0.25, -0.2) is 0 Å². The first-order valence-corrected chi connectivity index (χ1v) is 10.4. The minimum atomic E-state index is -0.196. The van der Waals surface area contributed by atoms with Crippen molar-refractivity contribution in [3.63, 3.8) is 0 Å². The number of piperidine rings is 1. The molecule has 2 heterocycles. The first-order chi connectivity index (χ1) is 14.1. The molecule has 3 amide bonds. The first-order valence-electron chi connectivity index (χ1n) is 10.4. The number of rotatable bonds is 5. The molecule has 5 heteroatoms. The van der Waals surface area contributed by atoms with Gasteiger partial charge in [0.25, 0.3) is 5.91 Å². The summed E-state index contributed by atoms with van der Waals surface area (Å²) in [5.41, 5.74) is 2.41. The Morgan fingerprint density at radius 2 is 1.59 bits per heavy atom. The Balaban J connectivity index is 1.34. The Morgan fingerprint density at radius 1 is 0.897 bits per heavy atom. The van der Waals surface area contributed by atoms with Crippen LogP contribution in [0.25, 0.3) is 0 Å². The van der Waals surface area contributed by atoms with Gasteiger partial charge in [-0.3, -0.25) is 19.3 Å². The van der Waals surface area contributed by atoms with Crippen LogP contribution in [-0.4, -0.2) is 35.7 Å². The van der Waals surface area contributed by atoms with Crippen LogP contribution in [0.4, 0.5) is 5.69 Å². The van der Waals surface area contributed by atoms with Crippen LogP contribution >= 0.6 is 0 Å². The van der Waals surface area contributed by atoms with Gasteiger partial charge in [-0.1, -0.05) is 36.4 Å². The normalized spacial score (nSPS) is 17.8. The van der Waals surface area contributed by atoms with Gasteiger partial charge in [-0.05, 0) is 55.4 Å². The number of carbonyl (C=O) groups excluding carboxylic acids is 3. The third-order valence-corrected chi connectivity index (χ3v) is 5.99. The van der Waals surface area contributed by atoms with Gasteiger partial charge in [0.2, 0.25) is 11.8 Å². The quantitative estimate of drug-likeness (QED) is 0.729. The second-order valence-electron chi connectivity index (χ2n) is 7.93. The predicted octanol–water partition coefficient (Wildman–Crippen LogP) is 3.83. The van der Waals surface area contributed by atoms with Gasteiger partial charge in [0.05, 0.1) is 5.69 Å². The average molecular weight is 390 g/mol. The van der Waals surface area contributed by atoms with E-state index in [0.29, 0.717) is 17.2 Å². The summed E-state index contributed by atoms with van der Waals surface area (Å²) in [4.78, 5) is 40.0. The summed E-state index contributed by atoms with van der Waals surface area (Å²) in [6.45, 7) is 1.51. The van der Waals surface area contributed by atoms with E-state index >= 15 is 0 Å². The fraction of sp³-hybridized carbons (Fsp3) is 0.375. The maximum absolute atomic E-state index is 13.0. The van der Waals surface area contributed by atoms with E-state index in [1.165, 1.54) is 10.5 Å². The van der Waals surface area contributed by atoms with E-state index in [1.807, 2.05) is 11.0 Å². The third-order valence-electron chi connectivity index (χ3n) is 5.99. The molecule has 4 rings (SSSR count). The molecule has 0 N–H and O–H groups in total. The van der Waals surface area contributed by atoms with Crippen LogP contribution < -0.4 is 4.90 Å². The summed E-state index contributed by atoms with van der Waals surface area (Å²) in [5, 5.41) is 0. The lowest BCUT2D eigenvalue weighted by Gasteiger charge is -2.32. The van der Waals surface area contributed by atoms with Gasteiger partial charge < -0.3 is 4.90 Å². The zero-order chi connectivity index (χ0) is 20.2. The van der Waals surface area contributed by atoms with Gasteiger partial charge in [0.15, 0.2) is 0 Å². The number of carbonyl (C=O) groups is 3. The Bertz CT molecular complexity index is 885. The van der Waals surface area contributed by atoms with E-state index < -0.39 is 0 Å². The van der Waals surface area contributed by atoms with Crippen molar-refractivity contribution in [3.8, 4) is 0 Å². The zero-order valence-corrected chi connectivity index (χ0v) is 16.5. The zero-order valence-electron chi connectivity index (χ0n) is 16.5. The smallest absolute Gasteiger partial charge is 0.253 e. The van der Waals surface area contributed by atoms with Crippen molar-refractivity contribution in [2.24, 2.45) is 5.92 Å². The highest BCUT2D eigenvalue weighted by Crippen LogP contribution is 2.26. The highest BCUT2D eigenvalue weighted by molar-refractivity contribution is 6.20. The molecule has 0 unspecified atom stereocenters. The molecule has 0 aromatic heterocycles. The van der Waals surface area contributed by atoms with Gasteiger partial charge >= 0.3 is 0 Å². The maximum atomic E-state index is 13.0. The molecular formula is C24H26N2O3. The minimum Gasteiger partial charge on any atom is -0.339 e. The number of nitrogens with zero attached hydrogens (tertiary/aromatic N) is 2. The van der Waals surface area contributed by atoms with E-state index in [2.05, 4.69) is 24.3 Å². The molecule has 2 aromatic rings. The number of aryl methyl sites for hydroxylation is 1. The standard InChI is InChI=1S/C24H26N2O3/c27-22-11-12-23(28)26(22)21-8-4-7-20(17-21)24(29)25-15-13-19(14-16-25)10-9-18-5-2-1-3-6-18/h1-8,17,19H,9-16H2. The molecular weight excluding hydrogens is 364 g/mol. The number of hydrogen-bond donors (Lipinski definition) is 0. The van der Waals surface area contributed by atoms with Gasteiger partial charge in [-0.15, -0.1) is 0 Å². The van der Waals surface area contributed by atoms with Gasteiger partial charge in [0.1, 0.15) is 0 Å². The summed E-state index contributed by atoms with van der Waals surface area (Å²) in [5.74, 6) is 0.232. The van der Waals surface area contributed by atoms with Gasteiger partial charge in [0, 0.05) is 31.5 Å². The van der Waals surface area contributed by atoms with Crippen molar-refractivity contribution in [1.29, 1.82) is 0 Å². The van der Waals surface area contributed by atoms with Crippen molar-refractivity contribution in [2.75, 3.05) is 18.0 Å². The predicted molar refractivity (Wildman–Crippen MR) is 112 cm³/mol. The van der Waals surface area contributed by atoms with E-state index in [9.17, 15) is 14.4 Å². The molecule has 2 fully saturated rings. The van der Waals surface area contributed by atoms with E-state index in [1.54, 1.807) is 24.3 Å². The molecule has 2 saturated heterocycles. The number of likely N-dealkylation sites (tertiary alicyclic amines) is 1. The third kappa shape index (κ3) is 4.39. The fourth-order valence-electron chi connectivity index (χ4n) is 4.27. The Morgan fingerprint density at radius 3 is 2.28 bits per heavy atom. The van der Waals surface area contributed by atoms with E-state index in [4.69, 9.17) is 0 Å². The number of amides is 3. The van der Waals surface area contributed by atoms with Crippen LogP contribution in [-0.2, 0) is 16.0 Å². The highest BCUT2D eigenvalue weighted by atomic mass is 16.2. The largest absolute Gasteiger partial charge is 0.339 e. The number of anilines is 1. The van der Waals surface area contributed by atoms with Crippen LogP contribution in [0.15, 0.2) is 54.6 Å². The second-order valence-corrected chi connectivity index (χ2v) is 7.93. The lowest BCUT2D eigenvalue weighted by molar-refractivity contribution is -0.121. The monoisotopic (exact) mass is 390 g/mol. The van der Waals surface area contributed by atoms with Crippen LogP contribution in [0, 0.1) is 5.92 Å². The molecule has 0 radical (unpaired) electrons. The lowest BCUT2D eigenvalue weighted by Crippen LogP contribution is -2.38. The van der Waals surface area contributed by atoms with Crippen molar-refractivity contribution >= 4 is 23.4 Å².